The van der Waals surface area contributed by atoms with Gasteiger partial charge in [-0.15, -0.1) is 0 Å². The van der Waals surface area contributed by atoms with Crippen LogP contribution in [0.5, 0.6) is 11.5 Å². The van der Waals surface area contributed by atoms with Crippen LogP contribution in [0.2, 0.25) is 5.02 Å². The van der Waals surface area contributed by atoms with Gasteiger partial charge in [0.05, 0.1) is 10.2 Å². The number of thiazole rings is 1. The molecule has 0 fully saturated rings. The Labute approximate surface area is 146 Å². The van der Waals surface area contributed by atoms with Crippen LogP contribution < -0.4 is 14.3 Å². The van der Waals surface area contributed by atoms with E-state index in [9.17, 15) is 4.79 Å². The zero-order valence-corrected chi connectivity index (χ0v) is 14.3. The van der Waals surface area contributed by atoms with Crippen molar-refractivity contribution in [1.82, 2.24) is 4.57 Å². The molecule has 1 amide bonds. The highest BCUT2D eigenvalue weighted by Gasteiger charge is 2.27. The summed E-state index contributed by atoms with van der Waals surface area (Å²) in [6.45, 7) is 0.153. The fourth-order valence-corrected chi connectivity index (χ4v) is 3.82. The lowest BCUT2D eigenvalue weighted by Crippen LogP contribution is -2.36. The van der Waals surface area contributed by atoms with Crippen LogP contribution >= 0.6 is 22.9 Å². The van der Waals surface area contributed by atoms with E-state index in [0.717, 1.165) is 10.2 Å². The molecule has 1 atom stereocenters. The fourth-order valence-electron chi connectivity index (χ4n) is 2.52. The van der Waals surface area contributed by atoms with Crippen molar-refractivity contribution in [1.29, 1.82) is 0 Å². The molecule has 5 nitrogen and oxygen atoms in total. The summed E-state index contributed by atoms with van der Waals surface area (Å²) in [5, 5.41) is 0.655. The number of carbonyl (C=O) groups excluding carboxylic acids is 1. The third-order valence-electron chi connectivity index (χ3n) is 3.76. The third-order valence-corrected chi connectivity index (χ3v) is 5.09. The van der Waals surface area contributed by atoms with E-state index < -0.39 is 6.10 Å². The van der Waals surface area contributed by atoms with E-state index in [-0.39, 0.29) is 12.5 Å². The number of halogens is 1. The summed E-state index contributed by atoms with van der Waals surface area (Å²) in [6.07, 6.45) is -0.742. The molecule has 0 saturated heterocycles. The zero-order chi connectivity index (χ0) is 16.7. The van der Waals surface area contributed by atoms with E-state index in [4.69, 9.17) is 21.1 Å². The van der Waals surface area contributed by atoms with Crippen LogP contribution in [0.3, 0.4) is 0 Å². The van der Waals surface area contributed by atoms with Crippen molar-refractivity contribution in [3.8, 4) is 11.5 Å². The number of nitrogens with zero attached hydrogens (tertiary/aromatic N) is 2. The van der Waals surface area contributed by atoms with Crippen LogP contribution in [0.15, 0.2) is 47.5 Å². The first kappa shape index (κ1) is 15.2. The van der Waals surface area contributed by atoms with Crippen molar-refractivity contribution in [2.75, 3.05) is 6.61 Å². The number of carbonyl (C=O) groups is 1. The molecule has 0 radical (unpaired) electrons. The molecule has 7 heteroatoms. The topological polar surface area (TPSA) is 52.8 Å². The number of benzene rings is 2. The lowest BCUT2D eigenvalue weighted by atomic mass is 10.2. The number of ether oxygens (including phenoxy) is 2. The minimum absolute atomic E-state index is 0.153. The standard InChI is InChI=1S/C17H13ClN2O3S/c1-20-11-7-6-10(18)8-15(11)24-17(20)19-16(21)14-9-22-12-4-2-3-5-13(12)23-14/h2-8,14H,9H2,1H3/t14-/m0/s1. The molecule has 24 heavy (non-hydrogen) atoms. The predicted octanol–water partition coefficient (Wildman–Crippen LogP) is 3.16. The molecule has 1 aliphatic heterocycles. The highest BCUT2D eigenvalue weighted by molar-refractivity contribution is 7.16. The average molecular weight is 361 g/mol. The molecule has 0 bridgehead atoms. The van der Waals surface area contributed by atoms with Gasteiger partial charge in [0.1, 0.15) is 6.61 Å². The van der Waals surface area contributed by atoms with Crippen molar-refractivity contribution in [3.05, 3.63) is 52.3 Å². The molecular formula is C17H13ClN2O3S. The second-order valence-electron chi connectivity index (χ2n) is 5.37. The maximum Gasteiger partial charge on any atom is 0.292 e. The molecule has 122 valence electrons. The fraction of sp³-hybridized carbons (Fsp3) is 0.176. The Hall–Kier alpha value is -2.31. The maximum absolute atomic E-state index is 12.5. The highest BCUT2D eigenvalue weighted by atomic mass is 35.5. The van der Waals surface area contributed by atoms with Crippen molar-refractivity contribution >= 4 is 39.1 Å². The molecule has 2 aromatic carbocycles. The number of rotatable bonds is 1. The summed E-state index contributed by atoms with van der Waals surface area (Å²) in [5.74, 6) is 0.839. The van der Waals surface area contributed by atoms with Gasteiger partial charge in [0.2, 0.25) is 6.10 Å². The number of aryl methyl sites for hydroxylation is 1. The van der Waals surface area contributed by atoms with Crippen molar-refractivity contribution in [3.63, 3.8) is 0 Å². The summed E-state index contributed by atoms with van der Waals surface area (Å²) in [4.78, 5) is 17.3. The number of aromatic nitrogens is 1. The van der Waals surface area contributed by atoms with Gasteiger partial charge in [0.15, 0.2) is 16.3 Å². The highest BCUT2D eigenvalue weighted by Crippen LogP contribution is 2.31. The summed E-state index contributed by atoms with van der Waals surface area (Å²) in [5.41, 5.74) is 0.974. The smallest absolute Gasteiger partial charge is 0.292 e. The molecule has 2 heterocycles. The average Bonchev–Trinajstić information content (AvgIpc) is 2.89. The monoisotopic (exact) mass is 360 g/mol. The number of para-hydroxylation sites is 2. The van der Waals surface area contributed by atoms with Crippen LogP contribution in [-0.2, 0) is 11.8 Å². The Morgan fingerprint density at radius 1 is 1.29 bits per heavy atom. The van der Waals surface area contributed by atoms with Gasteiger partial charge in [-0.25, -0.2) is 0 Å². The Morgan fingerprint density at radius 3 is 2.92 bits per heavy atom. The summed E-state index contributed by atoms with van der Waals surface area (Å²) >= 11 is 7.43. The first-order valence-electron chi connectivity index (χ1n) is 7.34. The first-order valence-corrected chi connectivity index (χ1v) is 8.53. The van der Waals surface area contributed by atoms with Crippen LogP contribution in [0.1, 0.15) is 0 Å². The number of fused-ring (bicyclic) bond motifs is 2. The minimum Gasteiger partial charge on any atom is -0.485 e. The molecular weight excluding hydrogens is 348 g/mol. The van der Waals surface area contributed by atoms with E-state index in [1.165, 1.54) is 11.3 Å². The Kier molecular flexibility index (Phi) is 3.78. The molecule has 0 N–H and O–H groups in total. The van der Waals surface area contributed by atoms with Crippen molar-refractivity contribution in [2.24, 2.45) is 12.0 Å². The van der Waals surface area contributed by atoms with Crippen molar-refractivity contribution in [2.45, 2.75) is 6.10 Å². The molecule has 1 aliphatic rings. The quantitative estimate of drug-likeness (QED) is 0.669. The van der Waals surface area contributed by atoms with Gasteiger partial charge in [0, 0.05) is 12.1 Å². The van der Waals surface area contributed by atoms with E-state index in [1.807, 2.05) is 48.0 Å². The summed E-state index contributed by atoms with van der Waals surface area (Å²) in [7, 11) is 1.87. The molecule has 0 saturated carbocycles. The van der Waals surface area contributed by atoms with Crippen LogP contribution in [0.25, 0.3) is 10.2 Å². The second-order valence-corrected chi connectivity index (χ2v) is 6.82. The second kappa shape index (κ2) is 5.96. The number of amides is 1. The predicted molar refractivity (Wildman–Crippen MR) is 92.7 cm³/mol. The van der Waals surface area contributed by atoms with Crippen LogP contribution in [-0.4, -0.2) is 23.2 Å². The normalized spacial score (nSPS) is 17.2. The molecule has 3 aromatic rings. The van der Waals surface area contributed by atoms with E-state index in [2.05, 4.69) is 4.99 Å². The first-order chi connectivity index (χ1) is 11.6. The Morgan fingerprint density at radius 2 is 2.08 bits per heavy atom. The van der Waals surface area contributed by atoms with Gasteiger partial charge in [-0.2, -0.15) is 4.99 Å². The summed E-state index contributed by atoms with van der Waals surface area (Å²) < 4.78 is 14.1. The van der Waals surface area contributed by atoms with Crippen molar-refractivity contribution < 1.29 is 14.3 Å². The minimum atomic E-state index is -0.742. The molecule has 4 rings (SSSR count). The third kappa shape index (κ3) is 2.68. The Bertz CT molecular complexity index is 1010. The van der Waals surface area contributed by atoms with Gasteiger partial charge in [0.25, 0.3) is 5.91 Å². The lowest BCUT2D eigenvalue weighted by Gasteiger charge is -2.23. The van der Waals surface area contributed by atoms with E-state index in [0.29, 0.717) is 21.3 Å². The van der Waals surface area contributed by atoms with Gasteiger partial charge in [-0.1, -0.05) is 35.1 Å². The number of hydrogen-bond acceptors (Lipinski definition) is 4. The van der Waals surface area contributed by atoms with Gasteiger partial charge in [-0.3, -0.25) is 4.79 Å². The SMILES string of the molecule is Cn1c(=NC(=O)[C@@H]2COc3ccccc3O2)sc2cc(Cl)ccc21. The van der Waals surface area contributed by atoms with E-state index >= 15 is 0 Å². The van der Waals surface area contributed by atoms with Crippen LogP contribution in [0.4, 0.5) is 0 Å². The van der Waals surface area contributed by atoms with Gasteiger partial charge >= 0.3 is 0 Å². The maximum atomic E-state index is 12.5. The lowest BCUT2D eigenvalue weighted by molar-refractivity contribution is -0.127. The Balaban J connectivity index is 1.67. The number of hydrogen-bond donors (Lipinski definition) is 0. The molecule has 0 spiro atoms. The van der Waals surface area contributed by atoms with Gasteiger partial charge < -0.3 is 14.0 Å². The molecule has 0 unspecified atom stereocenters. The van der Waals surface area contributed by atoms with Crippen LogP contribution in [0, 0.1) is 0 Å². The summed E-state index contributed by atoms with van der Waals surface area (Å²) in [6, 6.07) is 12.9. The van der Waals surface area contributed by atoms with E-state index in [1.54, 1.807) is 6.07 Å². The van der Waals surface area contributed by atoms with Gasteiger partial charge in [-0.05, 0) is 30.3 Å². The molecule has 1 aromatic heterocycles. The zero-order valence-electron chi connectivity index (χ0n) is 12.7. The largest absolute Gasteiger partial charge is 0.485 e. The molecule has 0 aliphatic carbocycles.